The maximum atomic E-state index is 2.66. The van der Waals surface area contributed by atoms with E-state index >= 15 is 0 Å². The highest BCUT2D eigenvalue weighted by Crippen LogP contribution is 2.57. The van der Waals surface area contributed by atoms with E-state index in [-0.39, 0.29) is 6.17 Å². The highest BCUT2D eigenvalue weighted by atomic mass is 15.4. The minimum Gasteiger partial charge on any atom is -0.318 e. The van der Waals surface area contributed by atoms with Crippen LogP contribution in [0.3, 0.4) is 0 Å². The topological polar surface area (TPSA) is 11.4 Å². The highest BCUT2D eigenvalue weighted by Gasteiger charge is 2.41. The zero-order chi connectivity index (χ0) is 33.0. The summed E-state index contributed by atoms with van der Waals surface area (Å²) in [5, 5.41) is 2.59. The summed E-state index contributed by atoms with van der Waals surface area (Å²) in [7, 11) is 0. The lowest BCUT2D eigenvalue weighted by atomic mass is 9.87. The van der Waals surface area contributed by atoms with Crippen LogP contribution in [0.25, 0.3) is 49.7 Å². The van der Waals surface area contributed by atoms with E-state index < -0.39 is 0 Å². The number of nitrogens with zero attached hydrogens (tertiary/aromatic N) is 3. The number of fused-ring (bicyclic) bond motifs is 9. The summed E-state index contributed by atoms with van der Waals surface area (Å²) in [5.74, 6) is 0. The zero-order valence-corrected chi connectivity index (χ0v) is 28.9. The molecule has 6 aromatic carbocycles. The molecule has 3 heteroatoms. The first-order chi connectivity index (χ1) is 23.3. The quantitative estimate of drug-likeness (QED) is 0.190. The number of hydrogen-bond donors (Lipinski definition) is 0. The summed E-state index contributed by atoms with van der Waals surface area (Å²) >= 11 is 0. The third kappa shape index (κ3) is 3.82. The van der Waals surface area contributed by atoms with Crippen LogP contribution in [-0.2, 0) is 6.42 Å². The van der Waals surface area contributed by atoms with Crippen molar-refractivity contribution in [2.24, 2.45) is 0 Å². The standard InChI is InChI=1S/C45H41N3/c1-8-32-14-10-18-38(30(32)6)46-31(7)47-43-29(5)23-27(3)25-37(43)42-28(4)13-9-15-33(42)34-16-11-17-35-36-24-26(2)21-22-39(36)48(44(34)35)41-20-12-19-40(46)45(41)47/h9-25,31H,8H2,1-7H3/t31-/m1/s1. The average Bonchev–Trinajstić information content (AvgIpc) is 3.55. The van der Waals surface area contributed by atoms with Gasteiger partial charge in [-0.3, -0.25) is 0 Å². The third-order valence-corrected chi connectivity index (χ3v) is 11.0. The third-order valence-electron chi connectivity index (χ3n) is 11.0. The minimum atomic E-state index is 0.0359. The first-order valence-electron chi connectivity index (χ1n) is 17.3. The molecule has 1 aromatic heterocycles. The second-order valence-corrected chi connectivity index (χ2v) is 14.0. The van der Waals surface area contributed by atoms with Gasteiger partial charge in [0, 0.05) is 27.6 Å². The van der Waals surface area contributed by atoms with Gasteiger partial charge in [-0.1, -0.05) is 84.8 Å². The summed E-state index contributed by atoms with van der Waals surface area (Å²) in [5.41, 5.74) is 21.8. The second kappa shape index (κ2) is 10.4. The Kier molecular flexibility index (Phi) is 6.24. The SMILES string of the molecule is CCc1cccc(N2c3cccc4c3N(c3c(C)cc(C)cc3-c3c(C)cccc3-c3cccc5c6cc(C)ccc6n-4c35)[C@@H]2C)c1C. The molecule has 0 amide bonds. The van der Waals surface area contributed by atoms with Gasteiger partial charge in [0.15, 0.2) is 0 Å². The van der Waals surface area contributed by atoms with Crippen LogP contribution < -0.4 is 9.80 Å². The van der Waals surface area contributed by atoms with Crippen LogP contribution >= 0.6 is 0 Å². The molecule has 0 saturated carbocycles. The molecule has 236 valence electrons. The number of benzene rings is 6. The van der Waals surface area contributed by atoms with Crippen LogP contribution in [0.15, 0.2) is 103 Å². The fraction of sp³-hybridized carbons (Fsp3) is 0.200. The van der Waals surface area contributed by atoms with E-state index in [4.69, 9.17) is 0 Å². The lowest BCUT2D eigenvalue weighted by Crippen LogP contribution is -2.36. The largest absolute Gasteiger partial charge is 0.318 e. The molecule has 0 N–H and O–H groups in total. The van der Waals surface area contributed by atoms with Gasteiger partial charge in [0.25, 0.3) is 0 Å². The summed E-state index contributed by atoms with van der Waals surface area (Å²) < 4.78 is 2.57. The lowest BCUT2D eigenvalue weighted by Gasteiger charge is -2.35. The molecule has 0 spiro atoms. The van der Waals surface area contributed by atoms with Crippen LogP contribution in [0.4, 0.5) is 22.7 Å². The van der Waals surface area contributed by atoms with Gasteiger partial charge in [-0.25, -0.2) is 0 Å². The van der Waals surface area contributed by atoms with E-state index in [1.165, 1.54) is 106 Å². The van der Waals surface area contributed by atoms with Crippen LogP contribution in [0.1, 0.15) is 47.2 Å². The lowest BCUT2D eigenvalue weighted by molar-refractivity contribution is 0.756. The average molecular weight is 624 g/mol. The molecule has 3 heterocycles. The van der Waals surface area contributed by atoms with Gasteiger partial charge >= 0.3 is 0 Å². The second-order valence-electron chi connectivity index (χ2n) is 14.0. The van der Waals surface area contributed by atoms with E-state index in [1.54, 1.807) is 0 Å². The molecule has 0 unspecified atom stereocenters. The molecular weight excluding hydrogens is 583 g/mol. The van der Waals surface area contributed by atoms with Crippen LogP contribution in [-0.4, -0.2) is 10.7 Å². The number of aryl methyl sites for hydroxylation is 5. The Labute approximate surface area is 283 Å². The zero-order valence-electron chi connectivity index (χ0n) is 28.9. The smallest absolute Gasteiger partial charge is 0.108 e. The van der Waals surface area contributed by atoms with Crippen LogP contribution in [0, 0.1) is 34.6 Å². The van der Waals surface area contributed by atoms with Gasteiger partial charge in [-0.2, -0.15) is 0 Å². The maximum Gasteiger partial charge on any atom is 0.108 e. The molecule has 3 nitrogen and oxygen atoms in total. The minimum absolute atomic E-state index is 0.0359. The monoisotopic (exact) mass is 623 g/mol. The van der Waals surface area contributed by atoms with Crippen molar-refractivity contribution >= 4 is 44.6 Å². The number of para-hydroxylation sites is 2. The molecule has 48 heavy (non-hydrogen) atoms. The molecule has 0 aliphatic carbocycles. The number of anilines is 4. The Bertz CT molecular complexity index is 2480. The number of aromatic nitrogens is 1. The summed E-state index contributed by atoms with van der Waals surface area (Å²) in [4.78, 5) is 5.24. The van der Waals surface area contributed by atoms with Crippen molar-refractivity contribution in [3.8, 4) is 27.9 Å². The van der Waals surface area contributed by atoms with Gasteiger partial charge in [0.2, 0.25) is 0 Å². The van der Waals surface area contributed by atoms with Crippen molar-refractivity contribution in [2.45, 2.75) is 61.1 Å². The van der Waals surface area contributed by atoms with Crippen molar-refractivity contribution in [1.82, 2.24) is 4.57 Å². The fourth-order valence-corrected chi connectivity index (χ4v) is 8.96. The predicted octanol–water partition coefficient (Wildman–Crippen LogP) is 12.2. The van der Waals surface area contributed by atoms with E-state index in [1.807, 2.05) is 0 Å². The summed E-state index contributed by atoms with van der Waals surface area (Å²) in [6, 6.07) is 39.3. The van der Waals surface area contributed by atoms with E-state index in [9.17, 15) is 0 Å². The maximum absolute atomic E-state index is 2.66. The number of hydrogen-bond acceptors (Lipinski definition) is 2. The summed E-state index contributed by atoms with van der Waals surface area (Å²) in [6.45, 7) is 16.0. The van der Waals surface area contributed by atoms with Gasteiger partial charge in [-0.05, 0) is 118 Å². The van der Waals surface area contributed by atoms with Gasteiger partial charge < -0.3 is 14.4 Å². The van der Waals surface area contributed by atoms with Gasteiger partial charge in [0.1, 0.15) is 6.17 Å². The molecule has 0 saturated heterocycles. The van der Waals surface area contributed by atoms with Crippen molar-refractivity contribution < 1.29 is 0 Å². The summed E-state index contributed by atoms with van der Waals surface area (Å²) in [6.07, 6.45) is 1.05. The van der Waals surface area contributed by atoms with Crippen molar-refractivity contribution in [1.29, 1.82) is 0 Å². The van der Waals surface area contributed by atoms with Crippen molar-refractivity contribution in [3.05, 3.63) is 137 Å². The molecule has 2 aliphatic heterocycles. The normalized spacial score (nSPS) is 14.8. The van der Waals surface area contributed by atoms with E-state index in [0.29, 0.717) is 0 Å². The first-order valence-corrected chi connectivity index (χ1v) is 17.3. The van der Waals surface area contributed by atoms with E-state index in [2.05, 4.69) is 166 Å². The Morgan fingerprint density at radius 3 is 2.12 bits per heavy atom. The van der Waals surface area contributed by atoms with Gasteiger partial charge in [0.05, 0.1) is 33.8 Å². The molecular formula is C45H41N3. The first kappa shape index (κ1) is 28.9. The fourth-order valence-electron chi connectivity index (χ4n) is 8.96. The highest BCUT2D eigenvalue weighted by molar-refractivity contribution is 6.16. The van der Waals surface area contributed by atoms with E-state index in [0.717, 1.165) is 6.42 Å². The molecule has 2 aliphatic rings. The predicted molar refractivity (Wildman–Crippen MR) is 205 cm³/mol. The molecule has 1 atom stereocenters. The Hall–Kier alpha value is -5.28. The molecule has 9 rings (SSSR count). The molecule has 0 fully saturated rings. The molecule has 0 bridgehead atoms. The Morgan fingerprint density at radius 2 is 1.29 bits per heavy atom. The number of rotatable bonds is 2. The molecule has 0 radical (unpaired) electrons. The van der Waals surface area contributed by atoms with Crippen LogP contribution in [0.5, 0.6) is 0 Å². The van der Waals surface area contributed by atoms with Crippen molar-refractivity contribution in [3.63, 3.8) is 0 Å². The Morgan fingerprint density at radius 1 is 0.562 bits per heavy atom. The molecule has 7 aromatic rings. The van der Waals surface area contributed by atoms with Crippen molar-refractivity contribution in [2.75, 3.05) is 9.80 Å². The van der Waals surface area contributed by atoms with Gasteiger partial charge in [-0.15, -0.1) is 0 Å². The van der Waals surface area contributed by atoms with Crippen LogP contribution in [0.2, 0.25) is 0 Å². The Balaban J connectivity index is 1.53.